The molecule has 0 radical (unpaired) electrons. The molecule has 9 heteroatoms. The van der Waals surface area contributed by atoms with Crippen LogP contribution in [-0.4, -0.2) is 42.5 Å². The molecular formula is C26H27F3N2O4. The summed E-state index contributed by atoms with van der Waals surface area (Å²) < 4.78 is 41.4. The van der Waals surface area contributed by atoms with Crippen molar-refractivity contribution in [2.75, 3.05) is 11.9 Å². The number of amides is 2. The number of ether oxygens (including phenoxy) is 1. The van der Waals surface area contributed by atoms with E-state index in [9.17, 15) is 27.6 Å². The molecule has 3 atom stereocenters. The van der Waals surface area contributed by atoms with E-state index in [0.29, 0.717) is 18.5 Å². The summed E-state index contributed by atoms with van der Waals surface area (Å²) in [6.07, 6.45) is -0.381. The molecule has 6 nitrogen and oxygen atoms in total. The SMILES string of the molecule is CN(C(=O)CCCC=O)C1c2ccccc2N(C(=O)c2ccc(OC(F)(F)F)cc2)C2CCCC12. The van der Waals surface area contributed by atoms with Crippen LogP contribution in [0, 0.1) is 5.92 Å². The van der Waals surface area contributed by atoms with Crippen molar-refractivity contribution in [1.82, 2.24) is 4.90 Å². The van der Waals surface area contributed by atoms with Crippen molar-refractivity contribution in [2.24, 2.45) is 5.92 Å². The van der Waals surface area contributed by atoms with E-state index in [1.807, 2.05) is 24.3 Å². The zero-order chi connectivity index (χ0) is 25.2. The lowest BCUT2D eigenvalue weighted by molar-refractivity contribution is -0.274. The molecule has 0 saturated heterocycles. The average molecular weight is 489 g/mol. The zero-order valence-electron chi connectivity index (χ0n) is 19.3. The maximum Gasteiger partial charge on any atom is 0.573 e. The second-order valence-electron chi connectivity index (χ2n) is 8.98. The van der Waals surface area contributed by atoms with Gasteiger partial charge in [0, 0.05) is 43.1 Å². The molecule has 0 aromatic heterocycles. The quantitative estimate of drug-likeness (QED) is 0.393. The number of unbranched alkanes of at least 4 members (excludes halogenated alkanes) is 1. The number of rotatable bonds is 7. The van der Waals surface area contributed by atoms with E-state index in [2.05, 4.69) is 4.74 Å². The molecule has 0 bridgehead atoms. The number of fused-ring (bicyclic) bond motifs is 2. The summed E-state index contributed by atoms with van der Waals surface area (Å²) in [5, 5.41) is 0. The maximum atomic E-state index is 13.6. The predicted molar refractivity (Wildman–Crippen MR) is 123 cm³/mol. The Labute approximate surface area is 201 Å². The Bertz CT molecular complexity index is 1090. The molecule has 1 aliphatic carbocycles. The third-order valence-corrected chi connectivity index (χ3v) is 6.86. The highest BCUT2D eigenvalue weighted by Crippen LogP contribution is 2.50. The van der Waals surface area contributed by atoms with Gasteiger partial charge in [-0.05, 0) is 55.2 Å². The van der Waals surface area contributed by atoms with Crippen LogP contribution in [0.25, 0.3) is 0 Å². The molecule has 1 saturated carbocycles. The lowest BCUT2D eigenvalue weighted by atomic mass is 9.81. The summed E-state index contributed by atoms with van der Waals surface area (Å²) in [5.41, 5.74) is 1.83. The zero-order valence-corrected chi connectivity index (χ0v) is 19.3. The van der Waals surface area contributed by atoms with Crippen molar-refractivity contribution in [3.63, 3.8) is 0 Å². The van der Waals surface area contributed by atoms with Gasteiger partial charge in [-0.1, -0.05) is 24.6 Å². The van der Waals surface area contributed by atoms with Crippen LogP contribution in [0.1, 0.15) is 60.5 Å². The third-order valence-electron chi connectivity index (χ3n) is 6.86. The lowest BCUT2D eigenvalue weighted by Gasteiger charge is -2.46. The van der Waals surface area contributed by atoms with E-state index in [1.165, 1.54) is 12.1 Å². The number of halogens is 3. The number of hydrogen-bond donors (Lipinski definition) is 0. The van der Waals surface area contributed by atoms with Crippen LogP contribution in [-0.2, 0) is 9.59 Å². The van der Waals surface area contributed by atoms with E-state index in [1.54, 1.807) is 16.8 Å². The smallest absolute Gasteiger partial charge is 0.406 e. The Kier molecular flexibility index (Phi) is 7.14. The number of nitrogens with zero attached hydrogens (tertiary/aromatic N) is 2. The van der Waals surface area contributed by atoms with E-state index in [0.717, 1.165) is 43.2 Å². The first-order valence-corrected chi connectivity index (χ1v) is 11.7. The van der Waals surface area contributed by atoms with Gasteiger partial charge in [-0.25, -0.2) is 0 Å². The summed E-state index contributed by atoms with van der Waals surface area (Å²) in [6, 6.07) is 12.1. The van der Waals surface area contributed by atoms with Crippen molar-refractivity contribution in [1.29, 1.82) is 0 Å². The van der Waals surface area contributed by atoms with Gasteiger partial charge < -0.3 is 19.3 Å². The minimum atomic E-state index is -4.81. The van der Waals surface area contributed by atoms with Gasteiger partial charge in [0.1, 0.15) is 12.0 Å². The van der Waals surface area contributed by atoms with Gasteiger partial charge in [0.25, 0.3) is 5.91 Å². The molecule has 1 aliphatic heterocycles. The number of carbonyl (C=O) groups is 3. The Morgan fingerprint density at radius 2 is 1.83 bits per heavy atom. The number of anilines is 1. The number of benzene rings is 2. The van der Waals surface area contributed by atoms with Gasteiger partial charge in [-0.2, -0.15) is 0 Å². The minimum absolute atomic E-state index is 0.0294. The molecule has 2 aromatic rings. The number of carbonyl (C=O) groups excluding carboxylic acids is 3. The monoisotopic (exact) mass is 488 g/mol. The van der Waals surface area contributed by atoms with Gasteiger partial charge in [0.2, 0.25) is 5.91 Å². The summed E-state index contributed by atoms with van der Waals surface area (Å²) in [4.78, 5) is 40.7. The van der Waals surface area contributed by atoms with E-state index >= 15 is 0 Å². The Balaban J connectivity index is 1.65. The standard InChI is InChI=1S/C26H27F3N2O4/c1-30(23(33)11-4-5-16-32)24-19-7-2-3-9-21(19)31(22-10-6-8-20(22)24)25(34)17-12-14-18(15-13-17)35-26(27,28)29/h2-3,7,9,12-16,20,22,24H,4-6,8,10-11H2,1H3. The van der Waals surface area contributed by atoms with Crippen molar-refractivity contribution in [3.8, 4) is 5.75 Å². The Hall–Kier alpha value is -3.36. The molecular weight excluding hydrogens is 461 g/mol. The number of para-hydroxylation sites is 1. The second kappa shape index (κ2) is 10.1. The molecule has 2 aliphatic rings. The molecule has 1 heterocycles. The van der Waals surface area contributed by atoms with Gasteiger partial charge in [0.05, 0.1) is 6.04 Å². The molecule has 2 amide bonds. The van der Waals surface area contributed by atoms with Gasteiger partial charge >= 0.3 is 6.36 Å². The molecule has 186 valence electrons. The molecule has 0 spiro atoms. The highest BCUT2D eigenvalue weighted by Gasteiger charge is 2.48. The first-order chi connectivity index (χ1) is 16.7. The number of alkyl halides is 3. The van der Waals surface area contributed by atoms with Crippen LogP contribution in [0.4, 0.5) is 18.9 Å². The lowest BCUT2D eigenvalue weighted by Crippen LogP contribution is -2.51. The largest absolute Gasteiger partial charge is 0.573 e. The highest BCUT2D eigenvalue weighted by molar-refractivity contribution is 6.07. The molecule has 0 N–H and O–H groups in total. The van der Waals surface area contributed by atoms with Gasteiger partial charge in [-0.3, -0.25) is 9.59 Å². The maximum absolute atomic E-state index is 13.6. The van der Waals surface area contributed by atoms with Gasteiger partial charge in [-0.15, -0.1) is 13.2 Å². The van der Waals surface area contributed by atoms with Gasteiger partial charge in [0.15, 0.2) is 0 Å². The first-order valence-electron chi connectivity index (χ1n) is 11.7. The summed E-state index contributed by atoms with van der Waals surface area (Å²) >= 11 is 0. The van der Waals surface area contributed by atoms with Crippen LogP contribution in [0.3, 0.4) is 0 Å². The fourth-order valence-electron chi connectivity index (χ4n) is 5.39. The second-order valence-corrected chi connectivity index (χ2v) is 8.98. The van der Waals surface area contributed by atoms with Crippen LogP contribution in [0.2, 0.25) is 0 Å². The van der Waals surface area contributed by atoms with Crippen LogP contribution in [0.15, 0.2) is 48.5 Å². The molecule has 35 heavy (non-hydrogen) atoms. The van der Waals surface area contributed by atoms with Crippen molar-refractivity contribution >= 4 is 23.8 Å². The summed E-state index contributed by atoms with van der Waals surface area (Å²) in [7, 11) is 1.77. The molecule has 2 aromatic carbocycles. The van der Waals surface area contributed by atoms with Crippen LogP contribution >= 0.6 is 0 Å². The minimum Gasteiger partial charge on any atom is -0.406 e. The number of aldehydes is 1. The highest BCUT2D eigenvalue weighted by atomic mass is 19.4. The number of hydrogen-bond acceptors (Lipinski definition) is 4. The summed E-state index contributed by atoms with van der Waals surface area (Å²) in [5.74, 6) is -0.702. The first kappa shape index (κ1) is 24.8. The third kappa shape index (κ3) is 5.18. The predicted octanol–water partition coefficient (Wildman–Crippen LogP) is 5.28. The van der Waals surface area contributed by atoms with E-state index in [-0.39, 0.29) is 47.5 Å². The van der Waals surface area contributed by atoms with Crippen molar-refractivity contribution in [2.45, 2.75) is 57.0 Å². The van der Waals surface area contributed by atoms with E-state index in [4.69, 9.17) is 0 Å². The molecule has 3 unspecified atom stereocenters. The Morgan fingerprint density at radius 3 is 2.51 bits per heavy atom. The van der Waals surface area contributed by atoms with Crippen LogP contribution in [0.5, 0.6) is 5.75 Å². The van der Waals surface area contributed by atoms with Crippen molar-refractivity contribution in [3.05, 3.63) is 59.7 Å². The molecule has 4 rings (SSSR count). The van der Waals surface area contributed by atoms with Crippen LogP contribution < -0.4 is 9.64 Å². The van der Waals surface area contributed by atoms with E-state index < -0.39 is 6.36 Å². The normalized spacial score (nSPS) is 21.1. The Morgan fingerprint density at radius 1 is 1.11 bits per heavy atom. The fraction of sp³-hybridized carbons (Fsp3) is 0.423. The molecule has 1 fully saturated rings. The fourth-order valence-corrected chi connectivity index (χ4v) is 5.39. The summed E-state index contributed by atoms with van der Waals surface area (Å²) in [6.45, 7) is 0. The van der Waals surface area contributed by atoms with Crippen molar-refractivity contribution < 1.29 is 32.3 Å². The average Bonchev–Trinajstić information content (AvgIpc) is 3.30. The topological polar surface area (TPSA) is 66.9 Å².